The molecule has 0 spiro atoms. The van der Waals surface area contributed by atoms with Crippen molar-refractivity contribution in [1.82, 2.24) is 15.3 Å². The Labute approximate surface area is 158 Å². The maximum Gasteiger partial charge on any atom is 0.231 e. The minimum atomic E-state index is 0.482. The second-order valence-electron chi connectivity index (χ2n) is 6.14. The summed E-state index contributed by atoms with van der Waals surface area (Å²) in [6.45, 7) is 4.62. The number of anilines is 2. The van der Waals surface area contributed by atoms with Gasteiger partial charge in [-0.3, -0.25) is 0 Å². The molecular weight excluding hydrogens is 354 g/mol. The van der Waals surface area contributed by atoms with Gasteiger partial charge in [0.25, 0.3) is 0 Å². The number of thiocarbonyl (C=S) groups is 1. The molecule has 1 fully saturated rings. The summed E-state index contributed by atoms with van der Waals surface area (Å²) in [5.41, 5.74) is 1.92. The predicted octanol–water partition coefficient (Wildman–Crippen LogP) is 3.92. The Bertz CT molecular complexity index is 746. The van der Waals surface area contributed by atoms with Crippen LogP contribution in [0.15, 0.2) is 30.3 Å². The van der Waals surface area contributed by atoms with Gasteiger partial charge >= 0.3 is 0 Å². The smallest absolute Gasteiger partial charge is 0.231 e. The number of aromatic nitrogens is 2. The highest BCUT2D eigenvalue weighted by Crippen LogP contribution is 2.19. The van der Waals surface area contributed by atoms with E-state index >= 15 is 0 Å². The van der Waals surface area contributed by atoms with Gasteiger partial charge in [-0.05, 0) is 50.0 Å². The van der Waals surface area contributed by atoms with Gasteiger partial charge in [-0.25, -0.2) is 4.98 Å². The van der Waals surface area contributed by atoms with E-state index in [1.165, 1.54) is 19.3 Å². The Morgan fingerprint density at radius 3 is 2.72 bits per heavy atom. The monoisotopic (exact) mass is 375 g/mol. The summed E-state index contributed by atoms with van der Waals surface area (Å²) in [6, 6.07) is 9.72. The molecule has 0 saturated carbocycles. The van der Waals surface area contributed by atoms with Crippen LogP contribution in [0.25, 0.3) is 0 Å². The van der Waals surface area contributed by atoms with Crippen LogP contribution in [0, 0.1) is 6.92 Å². The number of nitrogens with one attached hydrogen (secondary N) is 2. The lowest BCUT2D eigenvalue weighted by Gasteiger charge is -2.28. The van der Waals surface area contributed by atoms with E-state index in [2.05, 4.69) is 25.5 Å². The zero-order chi connectivity index (χ0) is 17.6. The number of nitrogens with zero attached hydrogens (tertiary/aromatic N) is 3. The van der Waals surface area contributed by atoms with Gasteiger partial charge in [-0.2, -0.15) is 4.98 Å². The van der Waals surface area contributed by atoms with E-state index in [9.17, 15) is 0 Å². The number of hydrogen-bond acceptors (Lipinski definition) is 4. The van der Waals surface area contributed by atoms with E-state index in [1.807, 2.05) is 37.3 Å². The largest absolute Gasteiger partial charge is 0.358 e. The van der Waals surface area contributed by atoms with Crippen LogP contribution >= 0.6 is 23.8 Å². The Balaban J connectivity index is 1.62. The third kappa shape index (κ3) is 5.03. The fraction of sp³-hybridized carbons (Fsp3) is 0.389. The number of benzene rings is 1. The molecule has 1 aliphatic rings. The van der Waals surface area contributed by atoms with Gasteiger partial charge < -0.3 is 15.5 Å². The zero-order valence-corrected chi connectivity index (χ0v) is 15.8. The average Bonchev–Trinajstić information content (AvgIpc) is 2.61. The summed E-state index contributed by atoms with van der Waals surface area (Å²) in [5.74, 6) is 1.49. The SMILES string of the molecule is Cc1cc(N2CCCCC2)nc(NC(=S)NCc2ccccc2Cl)n1. The van der Waals surface area contributed by atoms with Crippen molar-refractivity contribution in [3.8, 4) is 0 Å². The maximum atomic E-state index is 6.16. The summed E-state index contributed by atoms with van der Waals surface area (Å²) in [7, 11) is 0. The molecule has 25 heavy (non-hydrogen) atoms. The lowest BCUT2D eigenvalue weighted by Crippen LogP contribution is -2.32. The van der Waals surface area contributed by atoms with Gasteiger partial charge in [0.1, 0.15) is 5.82 Å². The van der Waals surface area contributed by atoms with Crippen LogP contribution in [-0.4, -0.2) is 28.2 Å². The molecule has 2 aromatic rings. The molecule has 1 aromatic heterocycles. The first-order valence-corrected chi connectivity index (χ1v) is 9.29. The fourth-order valence-electron chi connectivity index (χ4n) is 2.86. The first kappa shape index (κ1) is 17.9. The van der Waals surface area contributed by atoms with Crippen molar-refractivity contribution in [2.75, 3.05) is 23.3 Å². The molecule has 0 atom stereocenters. The van der Waals surface area contributed by atoms with Crippen LogP contribution in [0.4, 0.5) is 11.8 Å². The maximum absolute atomic E-state index is 6.16. The number of hydrogen-bond donors (Lipinski definition) is 2. The van der Waals surface area contributed by atoms with Gasteiger partial charge in [-0.15, -0.1) is 0 Å². The molecule has 1 saturated heterocycles. The summed E-state index contributed by atoms with van der Waals surface area (Å²) in [6.07, 6.45) is 3.72. The van der Waals surface area contributed by atoms with Crippen LogP contribution in [0.5, 0.6) is 0 Å². The van der Waals surface area contributed by atoms with Crippen LogP contribution < -0.4 is 15.5 Å². The Hall–Kier alpha value is -1.92. The van der Waals surface area contributed by atoms with Crippen molar-refractivity contribution >= 4 is 40.7 Å². The van der Waals surface area contributed by atoms with E-state index in [4.69, 9.17) is 23.8 Å². The zero-order valence-electron chi connectivity index (χ0n) is 14.3. The molecule has 132 valence electrons. The summed E-state index contributed by atoms with van der Waals surface area (Å²) in [4.78, 5) is 11.4. The van der Waals surface area contributed by atoms with E-state index in [-0.39, 0.29) is 0 Å². The first-order valence-electron chi connectivity index (χ1n) is 8.51. The minimum absolute atomic E-state index is 0.482. The van der Waals surface area contributed by atoms with Gasteiger partial charge in [-0.1, -0.05) is 29.8 Å². The topological polar surface area (TPSA) is 53.1 Å². The van der Waals surface area contributed by atoms with Gasteiger partial charge in [0.15, 0.2) is 5.11 Å². The average molecular weight is 376 g/mol. The third-order valence-corrected chi connectivity index (χ3v) is 4.76. The number of aryl methyl sites for hydroxylation is 1. The molecule has 7 heteroatoms. The van der Waals surface area contributed by atoms with Crippen LogP contribution in [0.2, 0.25) is 5.02 Å². The third-order valence-electron chi connectivity index (χ3n) is 4.14. The molecule has 2 N–H and O–H groups in total. The van der Waals surface area contributed by atoms with Crippen molar-refractivity contribution in [2.45, 2.75) is 32.7 Å². The van der Waals surface area contributed by atoms with Crippen LogP contribution in [0.1, 0.15) is 30.5 Å². The Morgan fingerprint density at radius 2 is 1.96 bits per heavy atom. The van der Waals surface area contributed by atoms with Crippen molar-refractivity contribution in [3.05, 3.63) is 46.6 Å². The Kier molecular flexibility index (Phi) is 6.04. The van der Waals surface area contributed by atoms with Crippen LogP contribution in [0.3, 0.4) is 0 Å². The summed E-state index contributed by atoms with van der Waals surface area (Å²) < 4.78 is 0. The molecule has 0 radical (unpaired) electrons. The summed E-state index contributed by atoms with van der Waals surface area (Å²) >= 11 is 11.5. The highest BCUT2D eigenvalue weighted by molar-refractivity contribution is 7.80. The fourth-order valence-corrected chi connectivity index (χ4v) is 3.22. The standard InChI is InChI=1S/C18H22ClN5S/c1-13-11-16(24-9-5-2-6-10-24)22-17(21-13)23-18(25)20-12-14-7-3-4-8-15(14)19/h3-4,7-8,11H,2,5-6,9-10,12H2,1H3,(H2,20,21,22,23,25). The number of rotatable bonds is 4. The molecule has 0 aliphatic carbocycles. The molecule has 0 unspecified atom stereocenters. The van der Waals surface area contributed by atoms with Crippen LogP contribution in [-0.2, 0) is 6.54 Å². The minimum Gasteiger partial charge on any atom is -0.358 e. The highest BCUT2D eigenvalue weighted by Gasteiger charge is 2.14. The molecule has 2 heterocycles. The molecule has 1 aromatic carbocycles. The van der Waals surface area contributed by atoms with Gasteiger partial charge in [0.05, 0.1) is 0 Å². The van der Waals surface area contributed by atoms with Crippen molar-refractivity contribution in [2.24, 2.45) is 0 Å². The second-order valence-corrected chi connectivity index (χ2v) is 6.95. The molecule has 3 rings (SSSR count). The number of piperidine rings is 1. The van der Waals surface area contributed by atoms with E-state index < -0.39 is 0 Å². The normalized spacial score (nSPS) is 14.2. The molecule has 5 nitrogen and oxygen atoms in total. The highest BCUT2D eigenvalue weighted by atomic mass is 35.5. The quantitative estimate of drug-likeness (QED) is 0.790. The van der Waals surface area contributed by atoms with E-state index in [1.54, 1.807) is 0 Å². The van der Waals surface area contributed by atoms with Crippen molar-refractivity contribution in [3.63, 3.8) is 0 Å². The van der Waals surface area contributed by atoms with Gasteiger partial charge in [0, 0.05) is 36.4 Å². The molecule has 0 amide bonds. The van der Waals surface area contributed by atoms with Crippen molar-refractivity contribution in [1.29, 1.82) is 0 Å². The van der Waals surface area contributed by atoms with Crippen molar-refractivity contribution < 1.29 is 0 Å². The lowest BCUT2D eigenvalue weighted by atomic mass is 10.1. The molecular formula is C18H22ClN5S. The first-order chi connectivity index (χ1) is 12.1. The Morgan fingerprint density at radius 1 is 1.20 bits per heavy atom. The molecule has 0 bridgehead atoms. The second kappa shape index (κ2) is 8.45. The summed E-state index contributed by atoms with van der Waals surface area (Å²) in [5, 5.41) is 7.43. The lowest BCUT2D eigenvalue weighted by molar-refractivity contribution is 0.573. The van der Waals surface area contributed by atoms with E-state index in [0.717, 1.165) is 35.2 Å². The molecule has 1 aliphatic heterocycles. The van der Waals surface area contributed by atoms with E-state index in [0.29, 0.717) is 17.6 Å². The number of halogens is 1. The predicted molar refractivity (Wildman–Crippen MR) is 107 cm³/mol. The van der Waals surface area contributed by atoms with Gasteiger partial charge in [0.2, 0.25) is 5.95 Å².